The number of hydrogen-bond donors (Lipinski definition) is 1. The fraction of sp³-hybridized carbons (Fsp3) is 0.267. The summed E-state index contributed by atoms with van der Waals surface area (Å²) in [6, 6.07) is 6.04. The first kappa shape index (κ1) is 14.7. The summed E-state index contributed by atoms with van der Waals surface area (Å²) in [5.74, 6) is 0. The Kier molecular flexibility index (Phi) is 4.23. The number of quaternary nitrogens is 1. The summed E-state index contributed by atoms with van der Waals surface area (Å²) in [6.45, 7) is 5.60. The Balaban J connectivity index is 2.47. The largest absolute Gasteiger partial charge is 0.623 e. The third-order valence-electron chi connectivity index (χ3n) is 3.44. The molecule has 0 radical (unpaired) electrons. The molecule has 2 rings (SSSR count). The van der Waals surface area contributed by atoms with Crippen LogP contribution in [0.25, 0.3) is 0 Å². The van der Waals surface area contributed by atoms with E-state index in [1.54, 1.807) is 19.1 Å². The predicted molar refractivity (Wildman–Crippen MR) is 79.7 cm³/mol. The van der Waals surface area contributed by atoms with E-state index in [0.717, 1.165) is 16.7 Å². The highest BCUT2D eigenvalue weighted by Crippen LogP contribution is 2.16. The van der Waals surface area contributed by atoms with Crippen LogP contribution >= 0.6 is 0 Å². The molecular formula is C15H17NO3S. The number of rotatable bonds is 2. The van der Waals surface area contributed by atoms with Crippen LogP contribution in [-0.4, -0.2) is 13.4 Å². The standard InChI is InChI=1S/C15H17NO3S/c1-10-4-5-11(2)14(8-10)9-13-7-6-12(3)16(17)15(13)20(18)19/h4-8,16H,9H2,1-3H3. The highest BCUT2D eigenvalue weighted by Gasteiger charge is 2.22. The lowest BCUT2D eigenvalue weighted by Gasteiger charge is -2.26. The second-order valence-electron chi connectivity index (χ2n) is 5.04. The molecule has 0 amide bonds. The van der Waals surface area contributed by atoms with E-state index in [4.69, 9.17) is 0 Å². The van der Waals surface area contributed by atoms with Gasteiger partial charge >= 0.3 is 0 Å². The second kappa shape index (κ2) is 5.75. The summed E-state index contributed by atoms with van der Waals surface area (Å²) in [6.07, 6.45) is 3.86. The Hall–Kier alpha value is -1.69. The van der Waals surface area contributed by atoms with E-state index >= 15 is 0 Å². The molecule has 4 nitrogen and oxygen atoms in total. The minimum Gasteiger partial charge on any atom is -0.623 e. The molecule has 0 aliphatic carbocycles. The fourth-order valence-electron chi connectivity index (χ4n) is 2.22. The van der Waals surface area contributed by atoms with Crippen LogP contribution in [-0.2, 0) is 16.7 Å². The molecule has 1 aromatic carbocycles. The third-order valence-corrected chi connectivity index (χ3v) is 4.22. The molecular weight excluding hydrogens is 274 g/mol. The first-order valence-electron chi connectivity index (χ1n) is 6.35. The normalized spacial score (nSPS) is 18.6. The maximum atomic E-state index is 12.0. The van der Waals surface area contributed by atoms with E-state index in [1.807, 2.05) is 32.0 Å². The van der Waals surface area contributed by atoms with Gasteiger partial charge in [0.25, 0.3) is 15.3 Å². The number of nitrogens with one attached hydrogen (secondary N) is 1. The van der Waals surface area contributed by atoms with Crippen molar-refractivity contribution in [2.45, 2.75) is 27.2 Å². The molecule has 1 unspecified atom stereocenters. The van der Waals surface area contributed by atoms with Gasteiger partial charge in [0.2, 0.25) is 0 Å². The van der Waals surface area contributed by atoms with Crippen LogP contribution in [0.15, 0.2) is 41.6 Å². The van der Waals surface area contributed by atoms with Crippen LogP contribution in [0.3, 0.4) is 0 Å². The predicted octanol–water partition coefficient (Wildman–Crippen LogP) is 1.08. The SMILES string of the molecule is CC1=CC=C(Cc2cc(C)ccc2C)C(=S(=O)=O)[NH+]1[O-]. The van der Waals surface area contributed by atoms with Crippen LogP contribution in [0.1, 0.15) is 23.6 Å². The summed E-state index contributed by atoms with van der Waals surface area (Å²) in [5, 5.41) is 11.6. The van der Waals surface area contributed by atoms with Gasteiger partial charge in [-0.05, 0) is 37.1 Å². The number of allylic oxidation sites excluding steroid dienone is 3. The lowest BCUT2D eigenvalue weighted by molar-refractivity contribution is -0.698. The van der Waals surface area contributed by atoms with Gasteiger partial charge in [0, 0.05) is 18.9 Å². The highest BCUT2D eigenvalue weighted by atomic mass is 32.2. The number of benzene rings is 1. The second-order valence-corrected chi connectivity index (χ2v) is 5.92. The van der Waals surface area contributed by atoms with Crippen molar-refractivity contribution in [2.24, 2.45) is 0 Å². The maximum Gasteiger partial charge on any atom is 0.277 e. The molecule has 0 aromatic heterocycles. The highest BCUT2D eigenvalue weighted by molar-refractivity contribution is 7.72. The number of aryl methyl sites for hydroxylation is 2. The van der Waals surface area contributed by atoms with Crippen molar-refractivity contribution >= 4 is 15.3 Å². The van der Waals surface area contributed by atoms with Crippen molar-refractivity contribution in [3.05, 3.63) is 63.5 Å². The van der Waals surface area contributed by atoms with Gasteiger partial charge in [0.05, 0.1) is 0 Å². The molecule has 106 valence electrons. The molecule has 20 heavy (non-hydrogen) atoms. The molecule has 1 aromatic rings. The van der Waals surface area contributed by atoms with Crippen molar-refractivity contribution in [1.82, 2.24) is 0 Å². The Morgan fingerprint density at radius 2 is 1.85 bits per heavy atom. The molecule has 1 N–H and O–H groups in total. The van der Waals surface area contributed by atoms with Gasteiger partial charge in [-0.25, -0.2) is 0 Å². The van der Waals surface area contributed by atoms with Crippen LogP contribution in [0.2, 0.25) is 0 Å². The third kappa shape index (κ3) is 2.90. The van der Waals surface area contributed by atoms with Gasteiger partial charge in [-0.3, -0.25) is 5.06 Å². The van der Waals surface area contributed by atoms with Crippen LogP contribution < -0.4 is 5.06 Å². The van der Waals surface area contributed by atoms with Gasteiger partial charge in [-0.2, -0.15) is 8.42 Å². The topological polar surface area (TPSA) is 61.6 Å². The summed E-state index contributed by atoms with van der Waals surface area (Å²) in [5.41, 5.74) is 4.26. The fourth-order valence-corrected chi connectivity index (χ4v) is 2.89. The van der Waals surface area contributed by atoms with E-state index in [0.29, 0.717) is 17.7 Å². The van der Waals surface area contributed by atoms with Crippen molar-refractivity contribution in [3.8, 4) is 0 Å². The van der Waals surface area contributed by atoms with Crippen LogP contribution in [0.5, 0.6) is 0 Å². The van der Waals surface area contributed by atoms with Gasteiger partial charge in [-0.1, -0.05) is 23.8 Å². The van der Waals surface area contributed by atoms with Crippen molar-refractivity contribution in [2.75, 3.05) is 0 Å². The first-order chi connectivity index (χ1) is 9.40. The molecule has 1 aliphatic rings. The maximum absolute atomic E-state index is 12.0. The Morgan fingerprint density at radius 1 is 1.15 bits per heavy atom. The summed E-state index contributed by atoms with van der Waals surface area (Å²) in [4.78, 5) is -0.106. The zero-order valence-corrected chi connectivity index (χ0v) is 12.5. The molecule has 1 atom stereocenters. The monoisotopic (exact) mass is 291 g/mol. The van der Waals surface area contributed by atoms with E-state index in [-0.39, 0.29) is 4.99 Å². The van der Waals surface area contributed by atoms with Crippen LogP contribution in [0.4, 0.5) is 0 Å². The minimum absolute atomic E-state index is 0.106. The average molecular weight is 291 g/mol. The minimum atomic E-state index is -2.51. The molecule has 5 heteroatoms. The number of hydroxylamine groups is 2. The summed E-state index contributed by atoms with van der Waals surface area (Å²) in [7, 11) is -2.51. The number of hydrogen-bond acceptors (Lipinski definition) is 3. The quantitative estimate of drug-likeness (QED) is 0.655. The van der Waals surface area contributed by atoms with Crippen molar-refractivity contribution in [1.29, 1.82) is 0 Å². The average Bonchev–Trinajstić information content (AvgIpc) is 2.38. The molecule has 0 bridgehead atoms. The summed E-state index contributed by atoms with van der Waals surface area (Å²) >= 11 is 0. The molecule has 0 saturated carbocycles. The molecule has 0 saturated heterocycles. The van der Waals surface area contributed by atoms with Gasteiger partial charge in [0.1, 0.15) is 5.70 Å². The first-order valence-corrected chi connectivity index (χ1v) is 7.42. The van der Waals surface area contributed by atoms with E-state index < -0.39 is 15.4 Å². The van der Waals surface area contributed by atoms with E-state index in [1.165, 1.54) is 0 Å². The molecule has 0 fully saturated rings. The lowest BCUT2D eigenvalue weighted by Crippen LogP contribution is -3.08. The Morgan fingerprint density at radius 3 is 2.50 bits per heavy atom. The Labute approximate surface area is 120 Å². The van der Waals surface area contributed by atoms with E-state index in [9.17, 15) is 13.6 Å². The Bertz CT molecular complexity index is 734. The van der Waals surface area contributed by atoms with Gasteiger partial charge in [-0.15, -0.1) is 0 Å². The molecule has 1 aliphatic heterocycles. The lowest BCUT2D eigenvalue weighted by atomic mass is 9.97. The van der Waals surface area contributed by atoms with Crippen molar-refractivity contribution < 1.29 is 13.5 Å². The van der Waals surface area contributed by atoms with Gasteiger partial charge < -0.3 is 5.21 Å². The summed E-state index contributed by atoms with van der Waals surface area (Å²) < 4.78 is 22.7. The molecule has 1 heterocycles. The zero-order valence-electron chi connectivity index (χ0n) is 11.7. The smallest absolute Gasteiger partial charge is 0.277 e. The molecule has 0 spiro atoms. The zero-order chi connectivity index (χ0) is 14.9. The van der Waals surface area contributed by atoms with Gasteiger partial charge in [0.15, 0.2) is 0 Å². The van der Waals surface area contributed by atoms with E-state index in [2.05, 4.69) is 0 Å². The van der Waals surface area contributed by atoms with Crippen LogP contribution in [0, 0.1) is 19.1 Å². The van der Waals surface area contributed by atoms with Crippen molar-refractivity contribution in [3.63, 3.8) is 0 Å².